The van der Waals surface area contributed by atoms with Crippen LogP contribution in [-0.4, -0.2) is 52.3 Å². The van der Waals surface area contributed by atoms with Crippen LogP contribution < -0.4 is 10.1 Å². The average molecular weight is 390 g/mol. The summed E-state index contributed by atoms with van der Waals surface area (Å²) in [7, 11) is 1.60. The molecule has 1 N–H and O–H groups in total. The van der Waals surface area contributed by atoms with Crippen molar-refractivity contribution in [2.45, 2.75) is 37.6 Å². The zero-order chi connectivity index (χ0) is 19.2. The van der Waals surface area contributed by atoms with Crippen LogP contribution in [0.3, 0.4) is 0 Å². The lowest BCUT2D eigenvalue weighted by Crippen LogP contribution is -2.39. The fraction of sp³-hybridized carbons (Fsp3) is 0.444. The van der Waals surface area contributed by atoms with Crippen molar-refractivity contribution in [3.8, 4) is 5.75 Å². The lowest BCUT2D eigenvalue weighted by Gasteiger charge is -2.15. The molecule has 0 bridgehead atoms. The van der Waals surface area contributed by atoms with Crippen molar-refractivity contribution in [2.24, 2.45) is 0 Å². The van der Waals surface area contributed by atoms with E-state index in [9.17, 15) is 9.59 Å². The van der Waals surface area contributed by atoms with Crippen LogP contribution in [0, 0.1) is 6.92 Å². The quantitative estimate of drug-likeness (QED) is 0.652. The van der Waals surface area contributed by atoms with Gasteiger partial charge in [-0.1, -0.05) is 23.9 Å². The molecule has 0 aliphatic heterocycles. The minimum atomic E-state index is -0.179. The van der Waals surface area contributed by atoms with Crippen molar-refractivity contribution in [1.82, 2.24) is 20.4 Å². The van der Waals surface area contributed by atoms with Gasteiger partial charge in [-0.15, -0.1) is 10.2 Å². The maximum absolute atomic E-state index is 12.1. The molecular formula is C18H22N4O4S. The van der Waals surface area contributed by atoms with Crippen molar-refractivity contribution in [1.29, 1.82) is 0 Å². The lowest BCUT2D eigenvalue weighted by molar-refractivity contribution is -0.132. The number of nitrogens with zero attached hydrogens (tertiary/aromatic N) is 3. The molecule has 0 atom stereocenters. The van der Waals surface area contributed by atoms with Gasteiger partial charge in [-0.2, -0.15) is 0 Å². The highest BCUT2D eigenvalue weighted by molar-refractivity contribution is 7.99. The Hall–Kier alpha value is -2.55. The van der Waals surface area contributed by atoms with Crippen molar-refractivity contribution >= 4 is 23.6 Å². The molecule has 1 aliphatic rings. The zero-order valence-electron chi connectivity index (χ0n) is 15.3. The van der Waals surface area contributed by atoms with Crippen LogP contribution in [0.15, 0.2) is 33.9 Å². The number of ether oxygens (including phenoxy) is 1. The van der Waals surface area contributed by atoms with E-state index in [1.165, 1.54) is 4.90 Å². The van der Waals surface area contributed by atoms with E-state index in [0.717, 1.165) is 35.9 Å². The largest absolute Gasteiger partial charge is 0.484 e. The number of benzene rings is 1. The van der Waals surface area contributed by atoms with E-state index in [1.807, 2.05) is 31.2 Å². The second-order valence-corrected chi connectivity index (χ2v) is 7.37. The number of hydrogen-bond donors (Lipinski definition) is 1. The fourth-order valence-corrected chi connectivity index (χ4v) is 2.96. The van der Waals surface area contributed by atoms with Crippen molar-refractivity contribution in [3.63, 3.8) is 0 Å². The minimum Gasteiger partial charge on any atom is -0.484 e. The molecule has 2 aromatic rings. The number of likely N-dealkylation sites (N-methyl/N-ethyl adjacent to an activating group) is 1. The van der Waals surface area contributed by atoms with E-state index in [-0.39, 0.29) is 36.8 Å². The first-order valence-electron chi connectivity index (χ1n) is 8.67. The van der Waals surface area contributed by atoms with Gasteiger partial charge in [0, 0.05) is 13.1 Å². The van der Waals surface area contributed by atoms with Crippen molar-refractivity contribution in [2.75, 3.05) is 19.3 Å². The molecule has 0 spiro atoms. The van der Waals surface area contributed by atoms with Crippen molar-refractivity contribution in [3.05, 3.63) is 35.7 Å². The van der Waals surface area contributed by atoms with E-state index < -0.39 is 0 Å². The topological polar surface area (TPSA) is 97.6 Å². The molecule has 8 nitrogen and oxygen atoms in total. The van der Waals surface area contributed by atoms with Gasteiger partial charge in [0.15, 0.2) is 6.61 Å². The summed E-state index contributed by atoms with van der Waals surface area (Å²) in [5.74, 6) is 0.869. The van der Waals surface area contributed by atoms with Gasteiger partial charge in [0.2, 0.25) is 11.8 Å². The highest BCUT2D eigenvalue weighted by Gasteiger charge is 2.24. The summed E-state index contributed by atoms with van der Waals surface area (Å²) in [4.78, 5) is 25.2. The molecule has 0 unspecified atom stereocenters. The monoisotopic (exact) mass is 390 g/mol. The van der Waals surface area contributed by atoms with Gasteiger partial charge in [-0.05, 0) is 37.5 Å². The lowest BCUT2D eigenvalue weighted by atomic mass is 10.2. The van der Waals surface area contributed by atoms with E-state index >= 15 is 0 Å². The number of amides is 2. The molecule has 3 rings (SSSR count). The summed E-state index contributed by atoms with van der Waals surface area (Å²) in [6.45, 7) is 2.19. The van der Waals surface area contributed by atoms with Gasteiger partial charge in [0.05, 0.1) is 12.3 Å². The predicted molar refractivity (Wildman–Crippen MR) is 99.3 cm³/mol. The van der Waals surface area contributed by atoms with Gasteiger partial charge in [0.1, 0.15) is 5.75 Å². The smallest absolute Gasteiger partial charge is 0.277 e. The van der Waals surface area contributed by atoms with E-state index in [0.29, 0.717) is 11.1 Å². The fourth-order valence-electron chi connectivity index (χ4n) is 2.24. The zero-order valence-corrected chi connectivity index (χ0v) is 16.1. The second-order valence-electron chi connectivity index (χ2n) is 6.45. The van der Waals surface area contributed by atoms with E-state index in [2.05, 4.69) is 15.5 Å². The third-order valence-electron chi connectivity index (χ3n) is 3.87. The van der Waals surface area contributed by atoms with Gasteiger partial charge >= 0.3 is 0 Å². The van der Waals surface area contributed by atoms with Gasteiger partial charge < -0.3 is 19.4 Å². The summed E-state index contributed by atoms with van der Waals surface area (Å²) in [6.07, 6.45) is 2.04. The molecule has 1 aliphatic carbocycles. The summed E-state index contributed by atoms with van der Waals surface area (Å²) in [5.41, 5.74) is 1.10. The molecule has 1 aromatic heterocycles. The first kappa shape index (κ1) is 19.2. The summed E-state index contributed by atoms with van der Waals surface area (Å²) < 4.78 is 11.1. The second kappa shape index (κ2) is 8.90. The molecule has 1 saturated carbocycles. The number of nitrogens with one attached hydrogen (secondary N) is 1. The number of rotatable bonds is 9. The Labute approximate surface area is 161 Å². The Morgan fingerprint density at radius 2 is 2.19 bits per heavy atom. The first-order valence-corrected chi connectivity index (χ1v) is 9.66. The highest BCUT2D eigenvalue weighted by Crippen LogP contribution is 2.19. The standard InChI is InChI=1S/C18H22N4O4S/c1-12-4-3-5-14(8-12)25-10-16-20-21-18(26-16)27-11-17(24)22(2)9-15(23)19-13-6-7-13/h3-5,8,13H,6-7,9-11H2,1-2H3,(H,19,23). The van der Waals surface area contributed by atoms with Gasteiger partial charge in [-0.25, -0.2) is 0 Å². The van der Waals surface area contributed by atoms with Crippen LogP contribution in [0.2, 0.25) is 0 Å². The van der Waals surface area contributed by atoms with Crippen LogP contribution in [-0.2, 0) is 16.2 Å². The van der Waals surface area contributed by atoms with Crippen LogP contribution in [0.1, 0.15) is 24.3 Å². The van der Waals surface area contributed by atoms with Crippen LogP contribution in [0.5, 0.6) is 5.75 Å². The number of carbonyl (C=O) groups excluding carboxylic acids is 2. The Kier molecular flexibility index (Phi) is 6.33. The Morgan fingerprint density at radius 3 is 2.93 bits per heavy atom. The molecule has 27 heavy (non-hydrogen) atoms. The van der Waals surface area contributed by atoms with Crippen LogP contribution in [0.25, 0.3) is 0 Å². The van der Waals surface area contributed by atoms with Crippen LogP contribution in [0.4, 0.5) is 0 Å². The molecule has 0 saturated heterocycles. The predicted octanol–water partition coefficient (Wildman–Crippen LogP) is 1.79. The Morgan fingerprint density at radius 1 is 1.37 bits per heavy atom. The number of carbonyl (C=O) groups is 2. The number of aryl methyl sites for hydroxylation is 1. The average Bonchev–Trinajstić information content (AvgIpc) is 3.32. The van der Waals surface area contributed by atoms with E-state index in [1.54, 1.807) is 7.05 Å². The maximum Gasteiger partial charge on any atom is 0.277 e. The normalized spacial score (nSPS) is 13.3. The third kappa shape index (κ3) is 6.28. The molecule has 1 heterocycles. The number of thioether (sulfide) groups is 1. The SMILES string of the molecule is Cc1cccc(OCc2nnc(SCC(=O)N(C)CC(=O)NC3CC3)o2)c1. The molecule has 1 fully saturated rings. The van der Waals surface area contributed by atoms with Gasteiger partial charge in [0.25, 0.3) is 11.1 Å². The Bertz CT molecular complexity index is 806. The highest BCUT2D eigenvalue weighted by atomic mass is 32.2. The Balaban J connectivity index is 1.40. The molecule has 9 heteroatoms. The first-order chi connectivity index (χ1) is 13.0. The van der Waals surface area contributed by atoms with Crippen LogP contribution >= 0.6 is 11.8 Å². The van der Waals surface area contributed by atoms with Gasteiger partial charge in [-0.3, -0.25) is 9.59 Å². The molecule has 0 radical (unpaired) electrons. The molecule has 1 aromatic carbocycles. The van der Waals surface area contributed by atoms with E-state index in [4.69, 9.17) is 9.15 Å². The molecular weight excluding hydrogens is 368 g/mol. The summed E-state index contributed by atoms with van der Waals surface area (Å²) in [6, 6.07) is 7.95. The number of hydrogen-bond acceptors (Lipinski definition) is 7. The summed E-state index contributed by atoms with van der Waals surface area (Å²) >= 11 is 1.14. The minimum absolute atomic E-state index is 0.0509. The third-order valence-corrected chi connectivity index (χ3v) is 4.67. The van der Waals surface area contributed by atoms with Crippen molar-refractivity contribution < 1.29 is 18.7 Å². The maximum atomic E-state index is 12.1. The molecule has 144 valence electrons. The summed E-state index contributed by atoms with van der Waals surface area (Å²) in [5, 5.41) is 11.0. The number of aromatic nitrogens is 2. The molecule has 2 amide bonds.